The fourth-order valence-corrected chi connectivity index (χ4v) is 1.90. The predicted octanol–water partition coefficient (Wildman–Crippen LogP) is 2.00. The first kappa shape index (κ1) is 11.5. The molecule has 2 aromatic carbocycles. The molecule has 0 saturated heterocycles. The van der Waals surface area contributed by atoms with Crippen LogP contribution in [0.25, 0.3) is 17.1 Å². The normalized spacial score (nSPS) is 10.6. The molecular weight excluding hydrogens is 240 g/mol. The summed E-state index contributed by atoms with van der Waals surface area (Å²) in [4.78, 5) is 0. The third-order valence-electron chi connectivity index (χ3n) is 2.86. The quantitative estimate of drug-likeness (QED) is 0.655. The van der Waals surface area contributed by atoms with Crippen LogP contribution in [0.2, 0.25) is 0 Å². The Bertz CT molecular complexity index is 688. The van der Waals surface area contributed by atoms with Gasteiger partial charge in [-0.1, -0.05) is 35.9 Å². The smallest absolute Gasteiger partial charge is 0.303 e. The fraction of sp³-hybridized carbons (Fsp3) is 0.0667. The molecule has 1 aromatic heterocycles. The van der Waals surface area contributed by atoms with Crippen molar-refractivity contribution in [1.82, 2.24) is 5.10 Å². The van der Waals surface area contributed by atoms with Gasteiger partial charge < -0.3 is 9.52 Å². The molecule has 3 rings (SSSR count). The molecule has 4 heteroatoms. The number of benzene rings is 2. The van der Waals surface area contributed by atoms with E-state index in [1.54, 1.807) is 0 Å². The lowest BCUT2D eigenvalue weighted by Crippen LogP contribution is -2.34. The van der Waals surface area contributed by atoms with Gasteiger partial charge >= 0.3 is 5.89 Å². The van der Waals surface area contributed by atoms with Crippen LogP contribution in [0, 0.1) is 6.92 Å². The molecule has 94 valence electrons. The summed E-state index contributed by atoms with van der Waals surface area (Å²) < 4.78 is 6.71. The monoisotopic (exact) mass is 252 g/mol. The van der Waals surface area contributed by atoms with Gasteiger partial charge in [0.2, 0.25) is 11.8 Å². The molecular formula is C15H12N2O2. The van der Waals surface area contributed by atoms with Crippen LogP contribution >= 0.6 is 0 Å². The van der Waals surface area contributed by atoms with E-state index in [2.05, 4.69) is 5.10 Å². The third-order valence-corrected chi connectivity index (χ3v) is 2.86. The van der Waals surface area contributed by atoms with Gasteiger partial charge in [0, 0.05) is 17.2 Å². The molecule has 3 aromatic rings. The van der Waals surface area contributed by atoms with Crippen molar-refractivity contribution in [3.63, 3.8) is 0 Å². The highest BCUT2D eigenvalue weighted by Gasteiger charge is 2.19. The van der Waals surface area contributed by atoms with Gasteiger partial charge in [0.15, 0.2) is 0 Å². The number of rotatable bonds is 2. The van der Waals surface area contributed by atoms with Crippen LogP contribution in [0.1, 0.15) is 5.56 Å². The zero-order valence-corrected chi connectivity index (χ0v) is 10.4. The Kier molecular flexibility index (Phi) is 2.76. The van der Waals surface area contributed by atoms with Crippen LogP contribution in [0.3, 0.4) is 0 Å². The molecule has 0 aliphatic heterocycles. The Morgan fingerprint density at radius 1 is 1.00 bits per heavy atom. The molecule has 19 heavy (non-hydrogen) atoms. The molecule has 0 unspecified atom stereocenters. The van der Waals surface area contributed by atoms with Crippen LogP contribution < -0.4 is 9.79 Å². The highest BCUT2D eigenvalue weighted by atomic mass is 16.5. The van der Waals surface area contributed by atoms with Crippen LogP contribution in [0.15, 0.2) is 59.0 Å². The van der Waals surface area contributed by atoms with Crippen LogP contribution in [-0.4, -0.2) is 5.10 Å². The van der Waals surface area contributed by atoms with E-state index in [0.717, 1.165) is 16.8 Å². The number of aryl methyl sites for hydroxylation is 1. The Hall–Kier alpha value is -2.62. The van der Waals surface area contributed by atoms with E-state index in [1.165, 1.54) is 4.68 Å². The van der Waals surface area contributed by atoms with Crippen molar-refractivity contribution < 1.29 is 14.2 Å². The lowest BCUT2D eigenvalue weighted by Gasteiger charge is -1.97. The van der Waals surface area contributed by atoms with E-state index in [1.807, 2.05) is 61.5 Å². The average Bonchev–Trinajstić information content (AvgIpc) is 2.83. The van der Waals surface area contributed by atoms with Gasteiger partial charge in [-0.3, -0.25) is 0 Å². The molecule has 0 spiro atoms. The van der Waals surface area contributed by atoms with Crippen molar-refractivity contribution in [2.24, 2.45) is 0 Å². The van der Waals surface area contributed by atoms with E-state index < -0.39 is 6.08 Å². The summed E-state index contributed by atoms with van der Waals surface area (Å²) in [5.41, 5.74) is 2.77. The van der Waals surface area contributed by atoms with Crippen molar-refractivity contribution in [1.29, 1.82) is 0 Å². The van der Waals surface area contributed by atoms with Gasteiger partial charge in [0.25, 0.3) is 0 Å². The first-order valence-corrected chi connectivity index (χ1v) is 5.97. The minimum Gasteiger partial charge on any atom is -0.524 e. The van der Waals surface area contributed by atoms with E-state index >= 15 is 0 Å². The van der Waals surface area contributed by atoms with E-state index in [0.29, 0.717) is 5.89 Å². The van der Waals surface area contributed by atoms with Gasteiger partial charge in [-0.25, -0.2) is 0 Å². The summed E-state index contributed by atoms with van der Waals surface area (Å²) in [7, 11) is 0. The lowest BCUT2D eigenvalue weighted by atomic mass is 10.2. The third kappa shape index (κ3) is 2.20. The summed E-state index contributed by atoms with van der Waals surface area (Å²) in [5, 5.41) is 15.3. The first-order valence-electron chi connectivity index (χ1n) is 5.97. The molecule has 0 amide bonds. The molecule has 1 heterocycles. The SMILES string of the molecule is Cc1ccc(-[n+]2nc([O-])oc2-c2ccccc2)cc1. The van der Waals surface area contributed by atoms with Gasteiger partial charge in [0.1, 0.15) is 0 Å². The van der Waals surface area contributed by atoms with Crippen molar-refractivity contribution in [2.75, 3.05) is 0 Å². The van der Waals surface area contributed by atoms with Crippen molar-refractivity contribution in [2.45, 2.75) is 6.92 Å². The molecule has 0 N–H and O–H groups in total. The molecule has 0 radical (unpaired) electrons. The topological polar surface area (TPSA) is 53.0 Å². The first-order chi connectivity index (χ1) is 9.24. The maximum absolute atomic E-state index is 11.4. The maximum atomic E-state index is 11.4. The predicted molar refractivity (Wildman–Crippen MR) is 67.7 cm³/mol. The Morgan fingerprint density at radius 3 is 2.37 bits per heavy atom. The second-order valence-electron chi connectivity index (χ2n) is 4.29. The zero-order chi connectivity index (χ0) is 13.2. The van der Waals surface area contributed by atoms with Crippen LogP contribution in [0.5, 0.6) is 6.08 Å². The summed E-state index contributed by atoms with van der Waals surface area (Å²) >= 11 is 0. The minimum atomic E-state index is -0.598. The van der Waals surface area contributed by atoms with Crippen molar-refractivity contribution in [3.8, 4) is 23.2 Å². The molecule has 0 aliphatic carbocycles. The summed E-state index contributed by atoms with van der Waals surface area (Å²) in [5.74, 6) is 0.439. The minimum absolute atomic E-state index is 0.439. The number of aromatic nitrogens is 2. The molecule has 0 atom stereocenters. The van der Waals surface area contributed by atoms with E-state index in [-0.39, 0.29) is 0 Å². The summed E-state index contributed by atoms with van der Waals surface area (Å²) in [6.45, 7) is 2.01. The Labute approximate surface area is 110 Å². The largest absolute Gasteiger partial charge is 0.524 e. The van der Waals surface area contributed by atoms with Crippen molar-refractivity contribution in [3.05, 3.63) is 60.2 Å². The Morgan fingerprint density at radius 2 is 1.68 bits per heavy atom. The summed E-state index contributed by atoms with van der Waals surface area (Å²) in [6, 6.07) is 17.2. The zero-order valence-electron chi connectivity index (χ0n) is 10.4. The maximum Gasteiger partial charge on any atom is 0.303 e. The molecule has 0 saturated carbocycles. The van der Waals surface area contributed by atoms with Gasteiger partial charge in [0.05, 0.1) is 5.56 Å². The lowest BCUT2D eigenvalue weighted by molar-refractivity contribution is -0.651. The highest BCUT2D eigenvalue weighted by Crippen LogP contribution is 2.19. The van der Waals surface area contributed by atoms with Crippen LogP contribution in [0.4, 0.5) is 0 Å². The molecule has 0 bridgehead atoms. The van der Waals surface area contributed by atoms with Gasteiger partial charge in [-0.15, -0.1) is 0 Å². The molecule has 0 fully saturated rings. The fourth-order valence-electron chi connectivity index (χ4n) is 1.90. The van der Waals surface area contributed by atoms with Gasteiger partial charge in [-0.2, -0.15) is 0 Å². The number of hydrogen-bond donors (Lipinski definition) is 0. The number of nitrogens with zero attached hydrogens (tertiary/aromatic N) is 2. The van der Waals surface area contributed by atoms with Crippen LogP contribution in [-0.2, 0) is 0 Å². The van der Waals surface area contributed by atoms with Gasteiger partial charge in [-0.05, 0) is 23.7 Å². The average molecular weight is 252 g/mol. The molecule has 4 nitrogen and oxygen atoms in total. The Balaban J connectivity index is 2.15. The van der Waals surface area contributed by atoms with E-state index in [9.17, 15) is 5.11 Å². The number of hydrogen-bond acceptors (Lipinski definition) is 3. The second kappa shape index (κ2) is 4.57. The van der Waals surface area contributed by atoms with Crippen molar-refractivity contribution >= 4 is 0 Å². The molecule has 0 aliphatic rings. The van der Waals surface area contributed by atoms with E-state index in [4.69, 9.17) is 4.42 Å². The summed E-state index contributed by atoms with van der Waals surface area (Å²) in [6.07, 6.45) is -0.598. The second-order valence-corrected chi connectivity index (χ2v) is 4.29. The highest BCUT2D eigenvalue weighted by molar-refractivity contribution is 5.50. The standard InChI is InChI=1S/C15H12N2O2/c1-11-7-9-13(10-8-11)17-14(19-15(18)16-17)12-5-3-2-4-6-12/h2-10H,1H3.